The molecule has 0 aliphatic heterocycles. The minimum atomic E-state index is -2.89. The lowest BCUT2D eigenvalue weighted by atomic mass is 9.80. The molecule has 2 unspecified atom stereocenters. The predicted molar refractivity (Wildman–Crippen MR) is 162 cm³/mol. The van der Waals surface area contributed by atoms with Crippen LogP contribution in [0.3, 0.4) is 0 Å². The van der Waals surface area contributed by atoms with Crippen molar-refractivity contribution in [1.29, 1.82) is 0 Å². The van der Waals surface area contributed by atoms with E-state index in [0.29, 0.717) is 31.6 Å². The van der Waals surface area contributed by atoms with Gasteiger partial charge in [0.1, 0.15) is 0 Å². The Bertz CT molecular complexity index is 440. The lowest BCUT2D eigenvalue weighted by molar-refractivity contribution is 0.0223. The molecule has 0 bridgehead atoms. The summed E-state index contributed by atoms with van der Waals surface area (Å²) in [7, 11) is -2.89. The van der Waals surface area contributed by atoms with E-state index >= 15 is 0 Å². The maximum absolute atomic E-state index is 6.52. The van der Waals surface area contributed by atoms with Gasteiger partial charge in [-0.15, -0.1) is 11.6 Å². The van der Waals surface area contributed by atoms with Gasteiger partial charge in [-0.2, -0.15) is 0 Å². The molecular formula is C31H65ClO3Si. The van der Waals surface area contributed by atoms with Crippen molar-refractivity contribution in [1.82, 2.24) is 0 Å². The first-order valence-corrected chi connectivity index (χ1v) is 18.3. The van der Waals surface area contributed by atoms with E-state index < -0.39 is 8.80 Å². The van der Waals surface area contributed by atoms with Gasteiger partial charge in [0, 0.05) is 30.7 Å². The monoisotopic (exact) mass is 548 g/mol. The van der Waals surface area contributed by atoms with Crippen LogP contribution in [-0.2, 0) is 13.3 Å². The van der Waals surface area contributed by atoms with E-state index in [0.717, 1.165) is 25.7 Å². The first kappa shape index (κ1) is 36.4. The van der Waals surface area contributed by atoms with Crippen LogP contribution in [0.5, 0.6) is 0 Å². The third-order valence-electron chi connectivity index (χ3n) is 8.03. The zero-order valence-corrected chi connectivity index (χ0v) is 27.2. The molecule has 0 N–H and O–H groups in total. The molecule has 0 saturated heterocycles. The molecular weight excluding hydrogens is 484 g/mol. The van der Waals surface area contributed by atoms with Crippen molar-refractivity contribution in [2.45, 2.75) is 169 Å². The minimum Gasteiger partial charge on any atom is -0.373 e. The normalized spacial score (nSPS) is 14.8. The molecule has 0 rings (SSSR count). The van der Waals surface area contributed by atoms with Gasteiger partial charge in [0.15, 0.2) is 0 Å². The molecule has 0 aromatic rings. The molecule has 0 spiro atoms. The fraction of sp³-hybridized carbons (Fsp3) is 1.00. The molecule has 0 aliphatic carbocycles. The van der Waals surface area contributed by atoms with Crippen LogP contribution >= 0.6 is 11.6 Å². The molecule has 0 radical (unpaired) electrons. The van der Waals surface area contributed by atoms with Gasteiger partial charge >= 0.3 is 8.80 Å². The fourth-order valence-electron chi connectivity index (χ4n) is 6.29. The second-order valence-corrected chi connectivity index (χ2v) is 14.0. The topological polar surface area (TPSA) is 27.7 Å². The molecule has 0 aromatic carbocycles. The standard InChI is InChI=1S/C31H65ClO3Si/c1-7-13-14-15-16-17-18-19-20-21-22-23-24-25-26-30(9-3)31(27-8-2,28-29-32)36(33-10-4,34-11-5)35-12-6/h30H,7-29H2,1-6H3. The molecule has 218 valence electrons. The van der Waals surface area contributed by atoms with Gasteiger partial charge in [0.2, 0.25) is 0 Å². The SMILES string of the molecule is CCCCCCCCCCCCCCCCC(CC)C(CCC)(CCCl)[Si](OCC)(OCC)OCC. The van der Waals surface area contributed by atoms with Crippen LogP contribution in [0.4, 0.5) is 0 Å². The van der Waals surface area contributed by atoms with E-state index in [1.807, 2.05) is 0 Å². The number of hydrogen-bond acceptors (Lipinski definition) is 3. The summed E-state index contributed by atoms with van der Waals surface area (Å²) in [5, 5.41) is -0.0865. The molecule has 5 heteroatoms. The van der Waals surface area contributed by atoms with E-state index in [-0.39, 0.29) is 5.04 Å². The Hall–Kier alpha value is 0.387. The Morgan fingerprint density at radius 1 is 0.556 bits per heavy atom. The maximum Gasteiger partial charge on any atom is 0.507 e. The largest absolute Gasteiger partial charge is 0.507 e. The molecule has 3 nitrogen and oxygen atoms in total. The average Bonchev–Trinajstić information content (AvgIpc) is 2.86. The summed E-state index contributed by atoms with van der Waals surface area (Å²) in [4.78, 5) is 0. The van der Waals surface area contributed by atoms with Crippen molar-refractivity contribution >= 4 is 20.4 Å². The van der Waals surface area contributed by atoms with Crippen LogP contribution in [0.25, 0.3) is 0 Å². The highest BCUT2D eigenvalue weighted by Crippen LogP contribution is 2.56. The molecule has 0 amide bonds. The highest BCUT2D eigenvalue weighted by atomic mass is 35.5. The van der Waals surface area contributed by atoms with Crippen LogP contribution in [0, 0.1) is 5.92 Å². The third kappa shape index (κ3) is 13.4. The van der Waals surface area contributed by atoms with Gasteiger partial charge in [0.05, 0.1) is 0 Å². The zero-order valence-electron chi connectivity index (χ0n) is 25.4. The van der Waals surface area contributed by atoms with E-state index in [1.165, 1.54) is 96.3 Å². The quantitative estimate of drug-likeness (QED) is 0.0552. The van der Waals surface area contributed by atoms with Crippen LogP contribution < -0.4 is 0 Å². The molecule has 0 fully saturated rings. The second kappa shape index (κ2) is 24.4. The Morgan fingerprint density at radius 3 is 1.31 bits per heavy atom. The van der Waals surface area contributed by atoms with Crippen molar-refractivity contribution in [2.24, 2.45) is 5.92 Å². The van der Waals surface area contributed by atoms with Crippen molar-refractivity contribution in [3.8, 4) is 0 Å². The van der Waals surface area contributed by atoms with Crippen molar-refractivity contribution in [2.75, 3.05) is 25.7 Å². The lowest BCUT2D eigenvalue weighted by Crippen LogP contribution is -2.59. The van der Waals surface area contributed by atoms with Gasteiger partial charge in [0.25, 0.3) is 0 Å². The van der Waals surface area contributed by atoms with E-state index in [4.69, 9.17) is 24.9 Å². The number of unbranched alkanes of at least 4 members (excludes halogenated alkanes) is 13. The number of alkyl halides is 1. The Labute approximate surface area is 233 Å². The summed E-state index contributed by atoms with van der Waals surface area (Å²) >= 11 is 6.48. The van der Waals surface area contributed by atoms with Gasteiger partial charge in [-0.1, -0.05) is 124 Å². The second-order valence-electron chi connectivity index (χ2n) is 10.7. The Balaban J connectivity index is 4.74. The van der Waals surface area contributed by atoms with Crippen LogP contribution in [-0.4, -0.2) is 34.5 Å². The molecule has 2 atom stereocenters. The lowest BCUT2D eigenvalue weighted by Gasteiger charge is -2.50. The van der Waals surface area contributed by atoms with E-state index in [9.17, 15) is 0 Å². The summed E-state index contributed by atoms with van der Waals surface area (Å²) in [6.45, 7) is 15.0. The smallest absolute Gasteiger partial charge is 0.373 e. The van der Waals surface area contributed by atoms with Gasteiger partial charge < -0.3 is 13.3 Å². The molecule has 0 aliphatic rings. The summed E-state index contributed by atoms with van der Waals surface area (Å²) in [6.07, 6.45) is 25.1. The first-order valence-electron chi connectivity index (χ1n) is 16.1. The molecule has 0 heterocycles. The average molecular weight is 549 g/mol. The van der Waals surface area contributed by atoms with E-state index in [2.05, 4.69) is 41.5 Å². The zero-order chi connectivity index (χ0) is 27.0. The fourth-order valence-corrected chi connectivity index (χ4v) is 10.9. The minimum absolute atomic E-state index is 0.0865. The Morgan fingerprint density at radius 2 is 0.972 bits per heavy atom. The molecule has 0 saturated carbocycles. The molecule has 36 heavy (non-hydrogen) atoms. The summed E-state index contributed by atoms with van der Waals surface area (Å²) in [5.74, 6) is 1.17. The predicted octanol–water partition coefficient (Wildman–Crippen LogP) is 11.1. The molecule has 0 aromatic heterocycles. The number of rotatable bonds is 28. The maximum atomic E-state index is 6.52. The summed E-state index contributed by atoms with van der Waals surface area (Å²) in [5.41, 5.74) is 0. The first-order chi connectivity index (χ1) is 17.6. The third-order valence-corrected chi connectivity index (χ3v) is 12.4. The summed E-state index contributed by atoms with van der Waals surface area (Å²) < 4.78 is 19.6. The van der Waals surface area contributed by atoms with Crippen LogP contribution in [0.15, 0.2) is 0 Å². The van der Waals surface area contributed by atoms with Crippen molar-refractivity contribution in [3.63, 3.8) is 0 Å². The van der Waals surface area contributed by atoms with Gasteiger partial charge in [-0.25, -0.2) is 0 Å². The highest BCUT2D eigenvalue weighted by Gasteiger charge is 2.62. The Kier molecular flexibility index (Phi) is 24.7. The van der Waals surface area contributed by atoms with Crippen LogP contribution in [0.1, 0.15) is 164 Å². The van der Waals surface area contributed by atoms with Gasteiger partial charge in [-0.05, 0) is 46.0 Å². The summed E-state index contributed by atoms with van der Waals surface area (Å²) in [6, 6.07) is 0. The van der Waals surface area contributed by atoms with Crippen molar-refractivity contribution in [3.05, 3.63) is 0 Å². The highest BCUT2D eigenvalue weighted by molar-refractivity contribution is 6.64. The van der Waals surface area contributed by atoms with E-state index in [1.54, 1.807) is 0 Å². The van der Waals surface area contributed by atoms with Crippen LogP contribution in [0.2, 0.25) is 5.04 Å². The number of hydrogen-bond donors (Lipinski definition) is 0. The number of halogens is 1. The van der Waals surface area contributed by atoms with Crippen molar-refractivity contribution < 1.29 is 13.3 Å². The van der Waals surface area contributed by atoms with Gasteiger partial charge in [-0.3, -0.25) is 0 Å².